The van der Waals surface area contributed by atoms with Gasteiger partial charge >= 0.3 is 0 Å². The lowest BCUT2D eigenvalue weighted by Gasteiger charge is -2.21. The summed E-state index contributed by atoms with van der Waals surface area (Å²) in [5.41, 5.74) is 2.39. The number of nitrogens with zero attached hydrogens (tertiary/aromatic N) is 3. The van der Waals surface area contributed by atoms with Crippen LogP contribution in [-0.2, 0) is 0 Å². The van der Waals surface area contributed by atoms with Crippen LogP contribution in [0.25, 0.3) is 5.13 Å². The Morgan fingerprint density at radius 3 is 2.68 bits per heavy atom. The van der Waals surface area contributed by atoms with Crippen LogP contribution in [0.2, 0.25) is 0 Å². The summed E-state index contributed by atoms with van der Waals surface area (Å²) in [6.07, 6.45) is 2.23. The van der Waals surface area contributed by atoms with E-state index < -0.39 is 0 Å². The standard InChI is InChI=1S/C15H21N3O3S/c1-11-10-13(12(2)18(11)15-16-4-9-22-15)14(21)17(6-8-20)5-3-7-19/h4,9-10,19-20H,3,5-8H2,1-2H3. The number of aliphatic hydroxyl groups excluding tert-OH is 2. The second kappa shape index (κ2) is 7.53. The van der Waals surface area contributed by atoms with Crippen LogP contribution in [0.5, 0.6) is 0 Å². The van der Waals surface area contributed by atoms with E-state index in [9.17, 15) is 4.79 Å². The SMILES string of the molecule is Cc1cc(C(=O)N(CCO)CCCO)c(C)n1-c1nccs1. The first kappa shape index (κ1) is 16.7. The Hall–Kier alpha value is -1.70. The van der Waals surface area contributed by atoms with Crippen molar-refractivity contribution in [2.24, 2.45) is 0 Å². The van der Waals surface area contributed by atoms with Gasteiger partial charge in [-0.15, -0.1) is 11.3 Å². The van der Waals surface area contributed by atoms with Crippen molar-refractivity contribution < 1.29 is 15.0 Å². The molecule has 1 amide bonds. The Balaban J connectivity index is 2.31. The van der Waals surface area contributed by atoms with Gasteiger partial charge in [-0.2, -0.15) is 0 Å². The smallest absolute Gasteiger partial charge is 0.255 e. The molecule has 0 atom stereocenters. The van der Waals surface area contributed by atoms with Crippen molar-refractivity contribution in [1.29, 1.82) is 0 Å². The van der Waals surface area contributed by atoms with Crippen LogP contribution in [0.3, 0.4) is 0 Å². The van der Waals surface area contributed by atoms with E-state index in [-0.39, 0.29) is 25.7 Å². The first-order valence-electron chi connectivity index (χ1n) is 7.20. The lowest BCUT2D eigenvalue weighted by molar-refractivity contribution is 0.0709. The summed E-state index contributed by atoms with van der Waals surface area (Å²) >= 11 is 1.52. The molecule has 0 fully saturated rings. The molecule has 0 saturated heterocycles. The topological polar surface area (TPSA) is 78.6 Å². The first-order valence-corrected chi connectivity index (χ1v) is 8.08. The van der Waals surface area contributed by atoms with Gasteiger partial charge in [0.2, 0.25) is 0 Å². The summed E-state index contributed by atoms with van der Waals surface area (Å²) in [4.78, 5) is 18.6. The molecule has 2 aromatic heterocycles. The zero-order chi connectivity index (χ0) is 16.1. The molecule has 2 aromatic rings. The van der Waals surface area contributed by atoms with Gasteiger partial charge in [0.1, 0.15) is 0 Å². The number of aliphatic hydroxyl groups is 2. The number of hydrogen-bond acceptors (Lipinski definition) is 5. The molecule has 0 saturated carbocycles. The summed E-state index contributed by atoms with van der Waals surface area (Å²) in [6, 6.07) is 1.85. The van der Waals surface area contributed by atoms with E-state index in [1.54, 1.807) is 11.1 Å². The van der Waals surface area contributed by atoms with Gasteiger partial charge in [0.25, 0.3) is 5.91 Å². The fraction of sp³-hybridized carbons (Fsp3) is 0.467. The molecule has 0 spiro atoms. The monoisotopic (exact) mass is 323 g/mol. The van der Waals surface area contributed by atoms with Gasteiger partial charge in [0.15, 0.2) is 5.13 Å². The van der Waals surface area contributed by atoms with Crippen molar-refractivity contribution >= 4 is 17.2 Å². The molecule has 120 valence electrons. The minimum absolute atomic E-state index is 0.0212. The minimum atomic E-state index is -0.126. The Morgan fingerprint density at radius 1 is 1.32 bits per heavy atom. The van der Waals surface area contributed by atoms with E-state index in [1.807, 2.05) is 29.9 Å². The molecule has 6 nitrogen and oxygen atoms in total. The fourth-order valence-electron chi connectivity index (χ4n) is 2.47. The van der Waals surface area contributed by atoms with Crippen LogP contribution in [0, 0.1) is 13.8 Å². The normalized spacial score (nSPS) is 10.9. The summed E-state index contributed by atoms with van der Waals surface area (Å²) in [6.45, 7) is 4.45. The number of rotatable bonds is 7. The molecule has 22 heavy (non-hydrogen) atoms. The number of carbonyl (C=O) groups is 1. The van der Waals surface area contributed by atoms with E-state index in [1.165, 1.54) is 11.3 Å². The van der Waals surface area contributed by atoms with Gasteiger partial charge in [-0.05, 0) is 26.3 Å². The van der Waals surface area contributed by atoms with Gasteiger partial charge in [-0.25, -0.2) is 4.98 Å². The van der Waals surface area contributed by atoms with Crippen LogP contribution in [0.1, 0.15) is 28.2 Å². The fourth-order valence-corrected chi connectivity index (χ4v) is 3.22. The summed E-state index contributed by atoms with van der Waals surface area (Å²) in [5, 5.41) is 20.8. The van der Waals surface area contributed by atoms with Crippen LogP contribution >= 0.6 is 11.3 Å². The Morgan fingerprint density at radius 2 is 2.09 bits per heavy atom. The number of carbonyl (C=O) groups excluding carboxylic acids is 1. The molecule has 2 rings (SSSR count). The molecular weight excluding hydrogens is 302 g/mol. The van der Waals surface area contributed by atoms with Gasteiger partial charge in [0.05, 0.1) is 12.2 Å². The average molecular weight is 323 g/mol. The average Bonchev–Trinajstić information content (AvgIpc) is 3.11. The molecular formula is C15H21N3O3S. The van der Waals surface area contributed by atoms with Gasteiger partial charge < -0.3 is 15.1 Å². The maximum absolute atomic E-state index is 12.7. The molecule has 0 aliphatic rings. The third-order valence-electron chi connectivity index (χ3n) is 3.52. The van der Waals surface area contributed by atoms with Crippen molar-refractivity contribution in [3.05, 3.63) is 34.6 Å². The van der Waals surface area contributed by atoms with Crippen molar-refractivity contribution in [3.8, 4) is 5.13 Å². The Labute approximate surface area is 133 Å². The van der Waals surface area contributed by atoms with E-state index >= 15 is 0 Å². The molecule has 0 aliphatic carbocycles. The zero-order valence-electron chi connectivity index (χ0n) is 12.8. The molecule has 2 N–H and O–H groups in total. The highest BCUT2D eigenvalue weighted by molar-refractivity contribution is 7.12. The van der Waals surface area contributed by atoms with Crippen molar-refractivity contribution in [2.45, 2.75) is 20.3 Å². The van der Waals surface area contributed by atoms with Crippen LogP contribution < -0.4 is 0 Å². The van der Waals surface area contributed by atoms with E-state index in [0.717, 1.165) is 16.5 Å². The summed E-state index contributed by atoms with van der Waals surface area (Å²) < 4.78 is 1.96. The second-order valence-electron chi connectivity index (χ2n) is 5.03. The quantitative estimate of drug-likeness (QED) is 0.806. The molecule has 0 aromatic carbocycles. The van der Waals surface area contributed by atoms with Crippen LogP contribution in [0.4, 0.5) is 0 Å². The molecule has 2 heterocycles. The molecule has 0 bridgehead atoms. The third kappa shape index (κ3) is 3.37. The van der Waals surface area contributed by atoms with Crippen molar-refractivity contribution in [1.82, 2.24) is 14.5 Å². The molecule has 0 unspecified atom stereocenters. The lowest BCUT2D eigenvalue weighted by Crippen LogP contribution is -2.35. The number of amides is 1. The minimum Gasteiger partial charge on any atom is -0.396 e. The van der Waals surface area contributed by atoms with E-state index in [2.05, 4.69) is 4.98 Å². The predicted octanol–water partition coefficient (Wildman–Crippen LogP) is 1.37. The van der Waals surface area contributed by atoms with Gasteiger partial charge in [0, 0.05) is 42.7 Å². The first-order chi connectivity index (χ1) is 10.6. The highest BCUT2D eigenvalue weighted by Crippen LogP contribution is 2.23. The van der Waals surface area contributed by atoms with E-state index in [4.69, 9.17) is 10.2 Å². The highest BCUT2D eigenvalue weighted by Gasteiger charge is 2.22. The Kier molecular flexibility index (Phi) is 5.70. The number of aryl methyl sites for hydroxylation is 1. The number of aromatic nitrogens is 2. The highest BCUT2D eigenvalue weighted by atomic mass is 32.1. The maximum Gasteiger partial charge on any atom is 0.255 e. The molecule has 0 radical (unpaired) electrons. The molecule has 0 aliphatic heterocycles. The predicted molar refractivity (Wildman–Crippen MR) is 85.6 cm³/mol. The summed E-state index contributed by atoms with van der Waals surface area (Å²) in [7, 11) is 0. The largest absolute Gasteiger partial charge is 0.396 e. The maximum atomic E-state index is 12.7. The van der Waals surface area contributed by atoms with Gasteiger partial charge in [-0.1, -0.05) is 0 Å². The lowest BCUT2D eigenvalue weighted by atomic mass is 10.2. The van der Waals surface area contributed by atoms with Gasteiger partial charge in [-0.3, -0.25) is 9.36 Å². The second-order valence-corrected chi connectivity index (χ2v) is 5.90. The number of thiazole rings is 1. The zero-order valence-corrected chi connectivity index (χ0v) is 13.6. The summed E-state index contributed by atoms with van der Waals surface area (Å²) in [5.74, 6) is -0.126. The third-order valence-corrected chi connectivity index (χ3v) is 4.27. The van der Waals surface area contributed by atoms with Crippen LogP contribution in [0.15, 0.2) is 17.6 Å². The van der Waals surface area contributed by atoms with Crippen molar-refractivity contribution in [2.75, 3.05) is 26.3 Å². The molecule has 7 heteroatoms. The van der Waals surface area contributed by atoms with Crippen molar-refractivity contribution in [3.63, 3.8) is 0 Å². The Bertz CT molecular complexity index is 622. The number of hydrogen-bond donors (Lipinski definition) is 2. The van der Waals surface area contributed by atoms with Crippen LogP contribution in [-0.4, -0.2) is 56.9 Å². The van der Waals surface area contributed by atoms with E-state index in [0.29, 0.717) is 18.5 Å².